The molecule has 0 amide bonds. The molecule has 0 bridgehead atoms. The first-order valence-corrected chi connectivity index (χ1v) is 5.87. The van der Waals surface area contributed by atoms with E-state index in [0.717, 1.165) is 29.0 Å². The third kappa shape index (κ3) is 1.66. The summed E-state index contributed by atoms with van der Waals surface area (Å²) in [5.74, 6) is 1.95. The Hall–Kier alpha value is -2.23. The highest BCUT2D eigenvalue weighted by Crippen LogP contribution is 2.26. The van der Waals surface area contributed by atoms with Crippen LogP contribution in [0.2, 0.25) is 0 Å². The third-order valence-corrected chi connectivity index (χ3v) is 3.23. The SMILES string of the molecule is COc1cccc2c1ccn2Cc1nccn1C. The average Bonchev–Trinajstić information content (AvgIpc) is 2.97. The zero-order valence-electron chi connectivity index (χ0n) is 10.5. The fourth-order valence-electron chi connectivity index (χ4n) is 2.21. The Morgan fingerprint density at radius 1 is 1.22 bits per heavy atom. The van der Waals surface area contributed by atoms with Gasteiger partial charge in [-0.05, 0) is 18.2 Å². The maximum atomic E-state index is 5.37. The smallest absolute Gasteiger partial charge is 0.128 e. The molecule has 0 N–H and O–H groups in total. The highest BCUT2D eigenvalue weighted by molar-refractivity contribution is 5.86. The van der Waals surface area contributed by atoms with Crippen LogP contribution in [0, 0.1) is 0 Å². The van der Waals surface area contributed by atoms with Crippen molar-refractivity contribution in [1.29, 1.82) is 0 Å². The Labute approximate surface area is 105 Å². The van der Waals surface area contributed by atoms with E-state index in [0.29, 0.717) is 0 Å². The standard InChI is InChI=1S/C14H15N3O/c1-16-9-7-15-14(16)10-17-8-6-11-12(17)4-3-5-13(11)18-2/h3-9H,10H2,1-2H3. The van der Waals surface area contributed by atoms with Gasteiger partial charge in [-0.3, -0.25) is 0 Å². The van der Waals surface area contributed by atoms with E-state index in [4.69, 9.17) is 4.74 Å². The van der Waals surface area contributed by atoms with E-state index >= 15 is 0 Å². The van der Waals surface area contributed by atoms with Crippen LogP contribution < -0.4 is 4.74 Å². The fourth-order valence-corrected chi connectivity index (χ4v) is 2.21. The molecular formula is C14H15N3O. The Kier molecular flexibility index (Phi) is 2.55. The molecule has 0 unspecified atom stereocenters. The summed E-state index contributed by atoms with van der Waals surface area (Å²) in [6.07, 6.45) is 5.85. The predicted octanol–water partition coefficient (Wildman–Crippen LogP) is 2.43. The van der Waals surface area contributed by atoms with Crippen molar-refractivity contribution < 1.29 is 4.74 Å². The van der Waals surface area contributed by atoms with Crippen LogP contribution in [-0.4, -0.2) is 21.2 Å². The molecule has 0 aliphatic rings. The van der Waals surface area contributed by atoms with Crippen LogP contribution in [-0.2, 0) is 13.6 Å². The van der Waals surface area contributed by atoms with Gasteiger partial charge in [-0.25, -0.2) is 4.98 Å². The molecule has 0 spiro atoms. The van der Waals surface area contributed by atoms with E-state index < -0.39 is 0 Å². The topological polar surface area (TPSA) is 32.0 Å². The number of aromatic nitrogens is 3. The molecule has 0 aliphatic heterocycles. The fraction of sp³-hybridized carbons (Fsp3) is 0.214. The number of ether oxygens (including phenoxy) is 1. The van der Waals surface area contributed by atoms with Gasteiger partial charge in [-0.2, -0.15) is 0 Å². The quantitative estimate of drug-likeness (QED) is 0.705. The molecule has 0 saturated heterocycles. The van der Waals surface area contributed by atoms with Crippen LogP contribution in [0.25, 0.3) is 10.9 Å². The Bertz CT molecular complexity index is 681. The van der Waals surface area contributed by atoms with Crippen molar-refractivity contribution in [3.05, 3.63) is 48.7 Å². The number of hydrogen-bond donors (Lipinski definition) is 0. The molecule has 0 aliphatic carbocycles. The zero-order chi connectivity index (χ0) is 12.5. The zero-order valence-corrected chi connectivity index (χ0v) is 10.5. The molecule has 4 heteroatoms. The van der Waals surface area contributed by atoms with Crippen molar-refractivity contribution in [3.63, 3.8) is 0 Å². The van der Waals surface area contributed by atoms with Gasteiger partial charge in [0.1, 0.15) is 11.6 Å². The summed E-state index contributed by atoms with van der Waals surface area (Å²) in [5, 5.41) is 1.13. The number of imidazole rings is 1. The van der Waals surface area contributed by atoms with Gasteiger partial charge in [0.25, 0.3) is 0 Å². The van der Waals surface area contributed by atoms with Crippen LogP contribution >= 0.6 is 0 Å². The molecule has 3 aromatic rings. The summed E-state index contributed by atoms with van der Waals surface area (Å²) in [5.41, 5.74) is 1.16. The lowest BCUT2D eigenvalue weighted by atomic mass is 10.2. The number of methoxy groups -OCH3 is 1. The Morgan fingerprint density at radius 3 is 2.83 bits per heavy atom. The van der Waals surface area contributed by atoms with Crippen molar-refractivity contribution in [2.75, 3.05) is 7.11 Å². The van der Waals surface area contributed by atoms with E-state index in [1.165, 1.54) is 0 Å². The number of benzene rings is 1. The minimum atomic E-state index is 0.764. The molecule has 0 radical (unpaired) electrons. The molecule has 0 atom stereocenters. The van der Waals surface area contributed by atoms with Gasteiger partial charge in [0.15, 0.2) is 0 Å². The molecule has 18 heavy (non-hydrogen) atoms. The average molecular weight is 241 g/mol. The van der Waals surface area contributed by atoms with Gasteiger partial charge in [0.2, 0.25) is 0 Å². The number of aryl methyl sites for hydroxylation is 1. The lowest BCUT2D eigenvalue weighted by Gasteiger charge is -2.07. The molecule has 2 aromatic heterocycles. The number of nitrogens with zero attached hydrogens (tertiary/aromatic N) is 3. The maximum Gasteiger partial charge on any atom is 0.128 e. The lowest BCUT2D eigenvalue weighted by Crippen LogP contribution is -2.04. The summed E-state index contributed by atoms with van der Waals surface area (Å²) in [6, 6.07) is 8.17. The van der Waals surface area contributed by atoms with Gasteiger partial charge in [-0.15, -0.1) is 0 Å². The minimum absolute atomic E-state index is 0.764. The number of fused-ring (bicyclic) bond motifs is 1. The first kappa shape index (κ1) is 10.9. The molecule has 1 aromatic carbocycles. The summed E-state index contributed by atoms with van der Waals surface area (Å²) in [4.78, 5) is 4.35. The number of rotatable bonds is 3. The molecule has 0 fully saturated rings. The van der Waals surface area contributed by atoms with Crippen molar-refractivity contribution in [1.82, 2.24) is 14.1 Å². The van der Waals surface area contributed by atoms with Gasteiger partial charge < -0.3 is 13.9 Å². The summed E-state index contributed by atoms with van der Waals surface area (Å²) in [6.45, 7) is 0.764. The first-order valence-electron chi connectivity index (χ1n) is 5.87. The van der Waals surface area contributed by atoms with Gasteiger partial charge in [0.05, 0.1) is 19.2 Å². The predicted molar refractivity (Wildman–Crippen MR) is 70.8 cm³/mol. The van der Waals surface area contributed by atoms with Crippen molar-refractivity contribution in [2.24, 2.45) is 7.05 Å². The highest BCUT2D eigenvalue weighted by Gasteiger charge is 2.07. The molecule has 3 rings (SSSR count). The van der Waals surface area contributed by atoms with E-state index in [2.05, 4.69) is 27.9 Å². The second kappa shape index (κ2) is 4.22. The second-order valence-corrected chi connectivity index (χ2v) is 4.29. The molecule has 92 valence electrons. The normalized spacial score (nSPS) is 11.0. The van der Waals surface area contributed by atoms with Crippen LogP contribution in [0.15, 0.2) is 42.9 Å². The molecule has 2 heterocycles. The first-order chi connectivity index (χ1) is 8.79. The molecular weight excluding hydrogens is 226 g/mol. The van der Waals surface area contributed by atoms with E-state index in [9.17, 15) is 0 Å². The summed E-state index contributed by atoms with van der Waals surface area (Å²) < 4.78 is 9.58. The summed E-state index contributed by atoms with van der Waals surface area (Å²) >= 11 is 0. The molecule has 4 nitrogen and oxygen atoms in total. The number of hydrogen-bond acceptors (Lipinski definition) is 2. The maximum absolute atomic E-state index is 5.37. The third-order valence-electron chi connectivity index (χ3n) is 3.23. The van der Waals surface area contributed by atoms with Crippen LogP contribution in [0.5, 0.6) is 5.75 Å². The Balaban J connectivity index is 2.06. The van der Waals surface area contributed by atoms with E-state index in [-0.39, 0.29) is 0 Å². The van der Waals surface area contributed by atoms with Gasteiger partial charge in [-0.1, -0.05) is 6.07 Å². The largest absolute Gasteiger partial charge is 0.496 e. The van der Waals surface area contributed by atoms with Crippen molar-refractivity contribution >= 4 is 10.9 Å². The van der Waals surface area contributed by atoms with Crippen LogP contribution in [0.1, 0.15) is 5.82 Å². The van der Waals surface area contributed by atoms with Crippen molar-refractivity contribution in [3.8, 4) is 5.75 Å². The minimum Gasteiger partial charge on any atom is -0.496 e. The van der Waals surface area contributed by atoms with E-state index in [1.54, 1.807) is 7.11 Å². The van der Waals surface area contributed by atoms with Gasteiger partial charge >= 0.3 is 0 Å². The van der Waals surface area contributed by atoms with E-state index in [1.807, 2.05) is 36.1 Å². The van der Waals surface area contributed by atoms with Crippen LogP contribution in [0.3, 0.4) is 0 Å². The monoisotopic (exact) mass is 241 g/mol. The Morgan fingerprint density at radius 2 is 2.11 bits per heavy atom. The highest BCUT2D eigenvalue weighted by atomic mass is 16.5. The second-order valence-electron chi connectivity index (χ2n) is 4.29. The van der Waals surface area contributed by atoms with Gasteiger partial charge in [0, 0.05) is 31.0 Å². The van der Waals surface area contributed by atoms with Crippen molar-refractivity contribution in [2.45, 2.75) is 6.54 Å². The summed E-state index contributed by atoms with van der Waals surface area (Å²) in [7, 11) is 3.71. The van der Waals surface area contributed by atoms with Crippen LogP contribution in [0.4, 0.5) is 0 Å². The molecule has 0 saturated carbocycles. The lowest BCUT2D eigenvalue weighted by molar-refractivity contribution is 0.420.